The minimum atomic E-state index is -2.12. The van der Waals surface area contributed by atoms with Crippen LogP contribution in [0.25, 0.3) is 33.4 Å². The van der Waals surface area contributed by atoms with E-state index in [-0.39, 0.29) is 0 Å². The predicted molar refractivity (Wildman–Crippen MR) is 112 cm³/mol. The van der Waals surface area contributed by atoms with Crippen LogP contribution in [0.1, 0.15) is 0 Å². The number of rotatable bonds is 4. The predicted octanol–water partition coefficient (Wildman–Crippen LogP) is 6.27. The maximum atomic E-state index is 12.3. The van der Waals surface area contributed by atoms with Crippen molar-refractivity contribution in [1.82, 2.24) is 0 Å². The topological polar surface area (TPSA) is 37.3 Å². The van der Waals surface area contributed by atoms with Crippen molar-refractivity contribution in [3.05, 3.63) is 103 Å². The zero-order valence-electron chi connectivity index (χ0n) is 14.6. The van der Waals surface area contributed by atoms with Gasteiger partial charge in [-0.1, -0.05) is 91.0 Å². The zero-order chi connectivity index (χ0) is 18.6. The molecule has 0 radical (unpaired) electrons. The van der Waals surface area contributed by atoms with E-state index in [2.05, 4.69) is 12.1 Å². The molecule has 0 aliphatic rings. The highest BCUT2D eigenvalue weighted by Gasteiger charge is 2.18. The van der Waals surface area contributed by atoms with Crippen LogP contribution in [-0.2, 0) is 11.1 Å². The monoisotopic (exact) mass is 370 g/mol. The Morgan fingerprint density at radius 3 is 1.26 bits per heavy atom. The first-order chi connectivity index (χ1) is 13.2. The molecule has 0 aliphatic carbocycles. The van der Waals surface area contributed by atoms with E-state index in [1.54, 1.807) is 0 Å². The lowest BCUT2D eigenvalue weighted by molar-refractivity contribution is 0.565. The van der Waals surface area contributed by atoms with E-state index in [1.807, 2.05) is 91.0 Å². The first-order valence-corrected chi connectivity index (χ1v) is 9.80. The Hall–Kier alpha value is -3.01. The first kappa shape index (κ1) is 17.4. The third-order valence-corrected chi connectivity index (χ3v) is 5.33. The van der Waals surface area contributed by atoms with E-state index in [4.69, 9.17) is 0 Å². The Morgan fingerprint density at radius 2 is 0.889 bits per heavy atom. The van der Waals surface area contributed by atoms with Crippen molar-refractivity contribution in [2.75, 3.05) is 0 Å². The van der Waals surface area contributed by atoms with E-state index in [0.717, 1.165) is 33.4 Å². The third kappa shape index (κ3) is 3.61. The Labute approximate surface area is 161 Å². The minimum absolute atomic E-state index is 0.437. The summed E-state index contributed by atoms with van der Waals surface area (Å²) in [6, 6.07) is 33.6. The smallest absolute Gasteiger partial charge is 0.187 e. The summed E-state index contributed by atoms with van der Waals surface area (Å²) in [4.78, 5) is 0.437. The van der Waals surface area contributed by atoms with Crippen molar-refractivity contribution in [2.24, 2.45) is 0 Å². The molecule has 1 N–H and O–H groups in total. The van der Waals surface area contributed by atoms with Gasteiger partial charge in [0.05, 0.1) is 4.90 Å². The molecule has 27 heavy (non-hydrogen) atoms. The molecular formula is C24H18O2S. The van der Waals surface area contributed by atoms with Gasteiger partial charge >= 0.3 is 0 Å². The van der Waals surface area contributed by atoms with Crippen molar-refractivity contribution >= 4 is 11.1 Å². The molecule has 1 unspecified atom stereocenters. The van der Waals surface area contributed by atoms with Crippen LogP contribution in [0, 0.1) is 0 Å². The van der Waals surface area contributed by atoms with Gasteiger partial charge in [0.15, 0.2) is 11.1 Å². The van der Waals surface area contributed by atoms with Crippen LogP contribution in [0.5, 0.6) is 0 Å². The highest BCUT2D eigenvalue weighted by Crippen LogP contribution is 2.38. The van der Waals surface area contributed by atoms with Gasteiger partial charge in [-0.05, 0) is 34.4 Å². The molecule has 0 heterocycles. The van der Waals surface area contributed by atoms with E-state index >= 15 is 0 Å². The first-order valence-electron chi connectivity index (χ1n) is 8.69. The molecule has 4 rings (SSSR count). The van der Waals surface area contributed by atoms with Crippen LogP contribution in [0.2, 0.25) is 0 Å². The third-order valence-electron chi connectivity index (χ3n) is 4.54. The molecule has 0 aliphatic heterocycles. The zero-order valence-corrected chi connectivity index (χ0v) is 15.4. The van der Waals surface area contributed by atoms with Gasteiger partial charge in [-0.3, -0.25) is 0 Å². The maximum absolute atomic E-state index is 12.3. The molecule has 0 amide bonds. The van der Waals surface area contributed by atoms with E-state index in [1.165, 1.54) is 0 Å². The molecule has 0 fully saturated rings. The maximum Gasteiger partial charge on any atom is 0.187 e. The van der Waals surface area contributed by atoms with Crippen LogP contribution >= 0.6 is 0 Å². The van der Waals surface area contributed by atoms with Crippen LogP contribution < -0.4 is 0 Å². The number of benzene rings is 4. The summed E-state index contributed by atoms with van der Waals surface area (Å²) in [6.07, 6.45) is 0. The van der Waals surface area contributed by atoms with Crippen molar-refractivity contribution in [3.8, 4) is 33.4 Å². The lowest BCUT2D eigenvalue weighted by atomic mass is 9.93. The average molecular weight is 370 g/mol. The highest BCUT2D eigenvalue weighted by atomic mass is 32.2. The van der Waals surface area contributed by atoms with Crippen LogP contribution in [0.15, 0.2) is 108 Å². The molecule has 4 aromatic carbocycles. The van der Waals surface area contributed by atoms with Crippen LogP contribution in [-0.4, -0.2) is 8.76 Å². The average Bonchev–Trinajstić information content (AvgIpc) is 2.74. The fourth-order valence-electron chi connectivity index (χ4n) is 3.28. The van der Waals surface area contributed by atoms with Crippen LogP contribution in [0.4, 0.5) is 0 Å². The van der Waals surface area contributed by atoms with Crippen LogP contribution in [0.3, 0.4) is 0 Å². The molecule has 0 saturated carbocycles. The van der Waals surface area contributed by atoms with E-state index in [9.17, 15) is 8.76 Å². The molecule has 1 atom stereocenters. The van der Waals surface area contributed by atoms with Crippen molar-refractivity contribution in [1.29, 1.82) is 0 Å². The van der Waals surface area contributed by atoms with Gasteiger partial charge in [0, 0.05) is 11.1 Å². The standard InChI is InChI=1S/C24H18O2S/c25-27(26)24-22(19-12-6-2-7-13-19)16-21(18-10-4-1-5-11-18)17-23(24)20-14-8-3-9-15-20/h1-17H,(H,25,26). The lowest BCUT2D eigenvalue weighted by Crippen LogP contribution is -1.98. The Morgan fingerprint density at radius 1 is 0.519 bits per heavy atom. The van der Waals surface area contributed by atoms with E-state index in [0.29, 0.717) is 4.90 Å². The molecule has 0 spiro atoms. The molecule has 0 aromatic heterocycles. The summed E-state index contributed by atoms with van der Waals surface area (Å²) in [6.45, 7) is 0. The summed E-state index contributed by atoms with van der Waals surface area (Å²) >= 11 is -2.12. The van der Waals surface area contributed by atoms with Gasteiger partial charge < -0.3 is 4.55 Å². The molecule has 3 heteroatoms. The second-order valence-corrected chi connectivity index (χ2v) is 7.15. The number of hydrogen-bond donors (Lipinski definition) is 1. The van der Waals surface area contributed by atoms with Gasteiger partial charge in [-0.15, -0.1) is 0 Å². The SMILES string of the molecule is O=S(O)c1c(-c2ccccc2)cc(-c2ccccc2)cc1-c1ccccc1. The summed E-state index contributed by atoms with van der Waals surface area (Å²) in [5, 5.41) is 0. The highest BCUT2D eigenvalue weighted by molar-refractivity contribution is 7.79. The normalized spacial score (nSPS) is 11.9. The lowest BCUT2D eigenvalue weighted by Gasteiger charge is -2.16. The van der Waals surface area contributed by atoms with Gasteiger partial charge in [0.2, 0.25) is 0 Å². The van der Waals surface area contributed by atoms with Gasteiger partial charge in [-0.25, -0.2) is 4.21 Å². The second-order valence-electron chi connectivity index (χ2n) is 6.25. The molecular weight excluding hydrogens is 352 g/mol. The minimum Gasteiger partial charge on any atom is -0.302 e. The summed E-state index contributed by atoms with van der Waals surface area (Å²) in [5.41, 5.74) is 5.48. The van der Waals surface area contributed by atoms with Crippen molar-refractivity contribution in [3.63, 3.8) is 0 Å². The fourth-order valence-corrected chi connectivity index (χ4v) is 4.01. The molecule has 0 bridgehead atoms. The number of hydrogen-bond acceptors (Lipinski definition) is 1. The van der Waals surface area contributed by atoms with Gasteiger partial charge in [-0.2, -0.15) is 0 Å². The van der Waals surface area contributed by atoms with Crippen molar-refractivity contribution in [2.45, 2.75) is 4.90 Å². The van der Waals surface area contributed by atoms with Gasteiger partial charge in [0.25, 0.3) is 0 Å². The summed E-state index contributed by atoms with van der Waals surface area (Å²) in [5.74, 6) is 0. The second kappa shape index (κ2) is 7.70. The molecule has 4 aromatic rings. The Kier molecular flexibility index (Phi) is 4.97. The Bertz CT molecular complexity index is 1010. The molecule has 0 saturated heterocycles. The Balaban J connectivity index is 2.06. The van der Waals surface area contributed by atoms with Gasteiger partial charge in [0.1, 0.15) is 0 Å². The van der Waals surface area contributed by atoms with Crippen molar-refractivity contribution < 1.29 is 8.76 Å². The largest absolute Gasteiger partial charge is 0.302 e. The summed E-state index contributed by atoms with van der Waals surface area (Å²) < 4.78 is 22.5. The molecule has 132 valence electrons. The quantitative estimate of drug-likeness (QED) is 0.430. The fraction of sp³-hybridized carbons (Fsp3) is 0. The molecule has 2 nitrogen and oxygen atoms in total. The summed E-state index contributed by atoms with van der Waals surface area (Å²) in [7, 11) is 0. The van der Waals surface area contributed by atoms with E-state index < -0.39 is 11.1 Å².